The van der Waals surface area contributed by atoms with Gasteiger partial charge in [0.1, 0.15) is 6.61 Å². The Morgan fingerprint density at radius 2 is 2.30 bits per heavy atom. The summed E-state index contributed by atoms with van der Waals surface area (Å²) in [5.74, 6) is 1.16. The Bertz CT molecular complexity index is 518. The van der Waals surface area contributed by atoms with Crippen LogP contribution in [0.15, 0.2) is 34.4 Å². The molecule has 1 aromatic rings. The highest BCUT2D eigenvalue weighted by Crippen LogP contribution is 2.36. The van der Waals surface area contributed by atoms with Crippen LogP contribution in [0.1, 0.15) is 12.5 Å². The van der Waals surface area contributed by atoms with E-state index >= 15 is 0 Å². The van der Waals surface area contributed by atoms with Crippen LogP contribution < -0.4 is 20.6 Å². The Kier molecular flexibility index (Phi) is 6.58. The molecule has 0 unspecified atom stereocenters. The number of carbonyl (C=O) groups excluding carboxylic acids is 1. The Hall–Kier alpha value is -2.02. The molecule has 2 amide bonds. The van der Waals surface area contributed by atoms with E-state index in [1.807, 2.05) is 6.92 Å². The SMILES string of the molecule is C=CCOc1c(Br)cc(C=NNC(N)=O)cc1OCC. The van der Waals surface area contributed by atoms with E-state index in [4.69, 9.17) is 15.2 Å². The zero-order valence-electron chi connectivity index (χ0n) is 11.1. The van der Waals surface area contributed by atoms with Crippen molar-refractivity contribution in [2.75, 3.05) is 13.2 Å². The van der Waals surface area contributed by atoms with Crippen LogP contribution in [0.5, 0.6) is 11.5 Å². The number of amides is 2. The van der Waals surface area contributed by atoms with Gasteiger partial charge < -0.3 is 15.2 Å². The molecule has 6 nitrogen and oxygen atoms in total. The first-order valence-electron chi connectivity index (χ1n) is 5.87. The molecule has 0 aliphatic heterocycles. The van der Waals surface area contributed by atoms with Gasteiger partial charge in [-0.05, 0) is 40.5 Å². The number of hydrogen-bond acceptors (Lipinski definition) is 4. The van der Waals surface area contributed by atoms with Gasteiger partial charge in [0.2, 0.25) is 0 Å². The smallest absolute Gasteiger partial charge is 0.332 e. The molecule has 3 N–H and O–H groups in total. The van der Waals surface area contributed by atoms with E-state index in [1.54, 1.807) is 18.2 Å². The third kappa shape index (κ3) is 4.93. The number of ether oxygens (including phenoxy) is 2. The van der Waals surface area contributed by atoms with E-state index in [0.717, 1.165) is 5.56 Å². The summed E-state index contributed by atoms with van der Waals surface area (Å²) in [6, 6.07) is 2.81. The summed E-state index contributed by atoms with van der Waals surface area (Å²) in [7, 11) is 0. The third-order valence-electron chi connectivity index (χ3n) is 2.07. The van der Waals surface area contributed by atoms with Crippen LogP contribution in [0.4, 0.5) is 4.79 Å². The number of urea groups is 1. The number of carbonyl (C=O) groups is 1. The molecule has 0 heterocycles. The molecule has 0 saturated carbocycles. The predicted molar refractivity (Wildman–Crippen MR) is 81.3 cm³/mol. The second-order valence-corrected chi connectivity index (χ2v) is 4.45. The van der Waals surface area contributed by atoms with Gasteiger partial charge >= 0.3 is 6.03 Å². The van der Waals surface area contributed by atoms with Gasteiger partial charge in [-0.2, -0.15) is 5.10 Å². The first-order valence-corrected chi connectivity index (χ1v) is 6.66. The van der Waals surface area contributed by atoms with Crippen LogP contribution in [0.3, 0.4) is 0 Å². The lowest BCUT2D eigenvalue weighted by Crippen LogP contribution is -2.24. The zero-order chi connectivity index (χ0) is 15.0. The van der Waals surface area contributed by atoms with Crippen LogP contribution >= 0.6 is 15.9 Å². The van der Waals surface area contributed by atoms with Crippen molar-refractivity contribution >= 4 is 28.2 Å². The fourth-order valence-corrected chi connectivity index (χ4v) is 1.95. The van der Waals surface area contributed by atoms with Crippen molar-refractivity contribution in [3.05, 3.63) is 34.8 Å². The molecule has 0 bridgehead atoms. The Labute approximate surface area is 125 Å². The summed E-state index contributed by atoms with van der Waals surface area (Å²) in [5, 5.41) is 3.69. The lowest BCUT2D eigenvalue weighted by molar-refractivity contribution is 0.249. The van der Waals surface area contributed by atoms with Gasteiger partial charge in [0.15, 0.2) is 11.5 Å². The van der Waals surface area contributed by atoms with Gasteiger partial charge in [0.25, 0.3) is 0 Å². The monoisotopic (exact) mass is 341 g/mol. The second kappa shape index (κ2) is 8.21. The fourth-order valence-electron chi connectivity index (χ4n) is 1.38. The first kappa shape index (κ1) is 16.0. The summed E-state index contributed by atoms with van der Waals surface area (Å²) in [5.41, 5.74) is 7.76. The number of hydrazone groups is 1. The maximum Gasteiger partial charge on any atom is 0.332 e. The predicted octanol–water partition coefficient (Wildman–Crippen LogP) is 2.41. The summed E-state index contributed by atoms with van der Waals surface area (Å²) in [6.45, 7) is 6.34. The quantitative estimate of drug-likeness (QED) is 0.453. The molecular formula is C13H16BrN3O3. The lowest BCUT2D eigenvalue weighted by atomic mass is 10.2. The standard InChI is InChI=1S/C13H16BrN3O3/c1-3-5-20-12-10(14)6-9(7-11(12)19-4-2)8-16-17-13(15)18/h3,6-8H,1,4-5H2,2H3,(H3,15,17,18). The molecule has 0 atom stereocenters. The van der Waals surface area contributed by atoms with Crippen LogP contribution in [-0.4, -0.2) is 25.5 Å². The topological polar surface area (TPSA) is 85.9 Å². The summed E-state index contributed by atoms with van der Waals surface area (Å²) < 4.78 is 11.8. The van der Waals surface area contributed by atoms with E-state index in [2.05, 4.69) is 33.0 Å². The van der Waals surface area contributed by atoms with Gasteiger partial charge in [0.05, 0.1) is 17.3 Å². The van der Waals surface area contributed by atoms with Gasteiger partial charge in [-0.15, -0.1) is 0 Å². The average molecular weight is 342 g/mol. The van der Waals surface area contributed by atoms with Crippen molar-refractivity contribution in [3.8, 4) is 11.5 Å². The van der Waals surface area contributed by atoms with Crippen molar-refractivity contribution in [1.82, 2.24) is 5.43 Å². The molecular weight excluding hydrogens is 326 g/mol. The molecule has 7 heteroatoms. The molecule has 1 aromatic carbocycles. The molecule has 0 saturated heterocycles. The highest BCUT2D eigenvalue weighted by molar-refractivity contribution is 9.10. The van der Waals surface area contributed by atoms with Crippen LogP contribution in [0.2, 0.25) is 0 Å². The fraction of sp³-hybridized carbons (Fsp3) is 0.231. The molecule has 0 radical (unpaired) electrons. The maximum atomic E-state index is 10.5. The largest absolute Gasteiger partial charge is 0.490 e. The highest BCUT2D eigenvalue weighted by Gasteiger charge is 2.11. The number of nitrogens with two attached hydrogens (primary N) is 1. The summed E-state index contributed by atoms with van der Waals surface area (Å²) in [4.78, 5) is 10.5. The van der Waals surface area contributed by atoms with E-state index in [9.17, 15) is 4.79 Å². The molecule has 0 aromatic heterocycles. The molecule has 0 aliphatic rings. The minimum Gasteiger partial charge on any atom is -0.490 e. The van der Waals surface area contributed by atoms with E-state index < -0.39 is 6.03 Å². The van der Waals surface area contributed by atoms with E-state index in [-0.39, 0.29) is 0 Å². The average Bonchev–Trinajstić information content (AvgIpc) is 2.38. The molecule has 0 spiro atoms. The highest BCUT2D eigenvalue weighted by atomic mass is 79.9. The van der Waals surface area contributed by atoms with Crippen molar-refractivity contribution in [2.45, 2.75) is 6.92 Å². The molecule has 108 valence electrons. The van der Waals surface area contributed by atoms with E-state index in [0.29, 0.717) is 29.2 Å². The first-order chi connectivity index (χ1) is 9.58. The van der Waals surface area contributed by atoms with Crippen LogP contribution in [0.25, 0.3) is 0 Å². The molecule has 20 heavy (non-hydrogen) atoms. The maximum absolute atomic E-state index is 10.5. The van der Waals surface area contributed by atoms with Crippen LogP contribution in [0, 0.1) is 0 Å². The lowest BCUT2D eigenvalue weighted by Gasteiger charge is -2.13. The van der Waals surface area contributed by atoms with Crippen LogP contribution in [-0.2, 0) is 0 Å². The normalized spacial score (nSPS) is 10.3. The van der Waals surface area contributed by atoms with Gasteiger partial charge in [-0.3, -0.25) is 0 Å². The zero-order valence-corrected chi connectivity index (χ0v) is 12.6. The molecule has 0 fully saturated rings. The minimum absolute atomic E-state index is 0.370. The number of nitrogens with zero attached hydrogens (tertiary/aromatic N) is 1. The second-order valence-electron chi connectivity index (χ2n) is 3.60. The number of nitrogens with one attached hydrogen (secondary N) is 1. The number of halogens is 1. The van der Waals surface area contributed by atoms with Gasteiger partial charge in [0, 0.05) is 0 Å². The van der Waals surface area contributed by atoms with Gasteiger partial charge in [-0.1, -0.05) is 12.7 Å². The van der Waals surface area contributed by atoms with Gasteiger partial charge in [-0.25, -0.2) is 10.2 Å². The summed E-state index contributed by atoms with van der Waals surface area (Å²) in [6.07, 6.45) is 3.10. The van der Waals surface area contributed by atoms with E-state index in [1.165, 1.54) is 6.21 Å². The molecule has 0 aliphatic carbocycles. The number of hydrogen-bond donors (Lipinski definition) is 2. The summed E-state index contributed by atoms with van der Waals surface area (Å²) >= 11 is 3.41. The number of rotatable bonds is 7. The Balaban J connectivity index is 3.02. The number of benzene rings is 1. The van der Waals surface area contributed by atoms with Crippen molar-refractivity contribution in [2.24, 2.45) is 10.8 Å². The number of primary amides is 1. The molecule has 1 rings (SSSR count). The third-order valence-corrected chi connectivity index (χ3v) is 2.65. The van der Waals surface area contributed by atoms with Crippen molar-refractivity contribution in [1.29, 1.82) is 0 Å². The minimum atomic E-state index is -0.726. The van der Waals surface area contributed by atoms with Crippen molar-refractivity contribution in [3.63, 3.8) is 0 Å². The Morgan fingerprint density at radius 1 is 1.55 bits per heavy atom. The van der Waals surface area contributed by atoms with Crippen molar-refractivity contribution < 1.29 is 14.3 Å². The Morgan fingerprint density at radius 3 is 2.90 bits per heavy atom.